The van der Waals surface area contributed by atoms with Crippen LogP contribution in [0.15, 0.2) is 48.5 Å². The van der Waals surface area contributed by atoms with Gasteiger partial charge in [0.1, 0.15) is 0 Å². The van der Waals surface area contributed by atoms with Gasteiger partial charge >= 0.3 is 0 Å². The number of hydrogen-bond acceptors (Lipinski definition) is 2. The number of likely N-dealkylation sites (tertiary alicyclic amines) is 1. The lowest BCUT2D eigenvalue weighted by Crippen LogP contribution is -2.38. The minimum atomic E-state index is 0.221. The maximum Gasteiger partial charge on any atom is 0.0627 e. The minimum absolute atomic E-state index is 0.221. The highest BCUT2D eigenvalue weighted by molar-refractivity contribution is 5.67. The second-order valence-electron chi connectivity index (χ2n) is 7.44. The van der Waals surface area contributed by atoms with Crippen LogP contribution in [0.5, 0.6) is 0 Å². The molecule has 26 heavy (non-hydrogen) atoms. The van der Waals surface area contributed by atoms with Gasteiger partial charge in [0.25, 0.3) is 0 Å². The van der Waals surface area contributed by atoms with Crippen LogP contribution in [0, 0.1) is 23.7 Å². The van der Waals surface area contributed by atoms with Crippen LogP contribution < -0.4 is 0 Å². The van der Waals surface area contributed by atoms with Crippen molar-refractivity contribution in [1.82, 2.24) is 4.90 Å². The van der Waals surface area contributed by atoms with Crippen molar-refractivity contribution in [3.63, 3.8) is 0 Å². The molecule has 138 valence electrons. The normalized spacial score (nSPS) is 16.3. The van der Waals surface area contributed by atoms with Crippen molar-refractivity contribution >= 4 is 0 Å². The van der Waals surface area contributed by atoms with Gasteiger partial charge in [-0.2, -0.15) is 5.26 Å². The highest BCUT2D eigenvalue weighted by atomic mass is 15.1. The standard InChI is InChI=1S/C22H26N2.C2H6/c1-18-16-19(8-9-21(18)20-6-4-3-5-7-20)17-24-14-11-22(2,10-13-23)12-15-24;1-2/h3-9,16H,10-12,14-15,17H2,1-2H3;1-2H3. The van der Waals surface area contributed by atoms with Gasteiger partial charge in [-0.05, 0) is 60.5 Å². The van der Waals surface area contributed by atoms with Crippen molar-refractivity contribution in [2.24, 2.45) is 5.41 Å². The van der Waals surface area contributed by atoms with E-state index in [1.807, 2.05) is 13.8 Å². The van der Waals surface area contributed by atoms with Crippen LogP contribution in [0.3, 0.4) is 0 Å². The Morgan fingerprint density at radius 1 is 1.04 bits per heavy atom. The molecule has 0 N–H and O–H groups in total. The van der Waals surface area contributed by atoms with Crippen molar-refractivity contribution in [2.75, 3.05) is 13.1 Å². The zero-order valence-electron chi connectivity index (χ0n) is 16.8. The number of aryl methyl sites for hydroxylation is 1. The summed E-state index contributed by atoms with van der Waals surface area (Å²) in [6.45, 7) is 11.7. The van der Waals surface area contributed by atoms with E-state index in [1.54, 1.807) is 0 Å². The Bertz CT molecular complexity index is 720. The van der Waals surface area contributed by atoms with Gasteiger partial charge in [0.15, 0.2) is 0 Å². The fourth-order valence-corrected chi connectivity index (χ4v) is 3.64. The molecule has 1 fully saturated rings. The summed E-state index contributed by atoms with van der Waals surface area (Å²) in [5.74, 6) is 0. The SMILES string of the molecule is CC.Cc1cc(CN2CCC(C)(CC#N)CC2)ccc1-c1ccccc1. The summed E-state index contributed by atoms with van der Waals surface area (Å²) in [5.41, 5.74) is 5.55. The van der Waals surface area contributed by atoms with Crippen LogP contribution in [0.4, 0.5) is 0 Å². The molecule has 0 aromatic heterocycles. The molecule has 0 amide bonds. The van der Waals surface area contributed by atoms with E-state index in [1.165, 1.54) is 22.3 Å². The number of piperidine rings is 1. The molecular weight excluding hydrogens is 316 g/mol. The molecule has 0 bridgehead atoms. The van der Waals surface area contributed by atoms with E-state index < -0.39 is 0 Å². The summed E-state index contributed by atoms with van der Waals surface area (Å²) in [4.78, 5) is 2.52. The quantitative estimate of drug-likeness (QED) is 0.657. The lowest BCUT2D eigenvalue weighted by Gasteiger charge is -2.38. The largest absolute Gasteiger partial charge is 0.299 e. The molecule has 1 heterocycles. The van der Waals surface area contributed by atoms with E-state index in [4.69, 9.17) is 5.26 Å². The molecule has 1 aliphatic rings. The van der Waals surface area contributed by atoms with E-state index in [-0.39, 0.29) is 5.41 Å². The first-order chi connectivity index (χ1) is 12.6. The number of nitriles is 1. The van der Waals surface area contributed by atoms with Crippen LogP contribution in [-0.2, 0) is 6.54 Å². The number of benzene rings is 2. The van der Waals surface area contributed by atoms with Crippen molar-refractivity contribution in [3.05, 3.63) is 59.7 Å². The third kappa shape index (κ3) is 5.19. The van der Waals surface area contributed by atoms with E-state index in [0.29, 0.717) is 6.42 Å². The molecule has 2 heteroatoms. The molecule has 0 aliphatic carbocycles. The summed E-state index contributed by atoms with van der Waals surface area (Å²) in [5, 5.41) is 8.97. The van der Waals surface area contributed by atoms with E-state index in [9.17, 15) is 0 Å². The highest BCUT2D eigenvalue weighted by Gasteiger charge is 2.29. The van der Waals surface area contributed by atoms with E-state index in [2.05, 4.69) is 73.3 Å². The molecule has 2 aromatic rings. The van der Waals surface area contributed by atoms with Gasteiger partial charge in [-0.15, -0.1) is 0 Å². The van der Waals surface area contributed by atoms with Crippen molar-refractivity contribution < 1.29 is 0 Å². The first-order valence-corrected chi connectivity index (χ1v) is 9.84. The Hall–Kier alpha value is -2.11. The third-order valence-corrected chi connectivity index (χ3v) is 5.35. The predicted molar refractivity (Wildman–Crippen MR) is 111 cm³/mol. The van der Waals surface area contributed by atoms with Gasteiger partial charge < -0.3 is 0 Å². The van der Waals surface area contributed by atoms with Crippen molar-refractivity contribution in [3.8, 4) is 17.2 Å². The third-order valence-electron chi connectivity index (χ3n) is 5.35. The molecule has 2 nitrogen and oxygen atoms in total. The molecular formula is C24H32N2. The molecule has 0 saturated carbocycles. The Labute approximate surface area is 159 Å². The van der Waals surface area contributed by atoms with E-state index in [0.717, 1.165) is 32.5 Å². The highest BCUT2D eigenvalue weighted by Crippen LogP contribution is 2.34. The Morgan fingerprint density at radius 3 is 2.27 bits per heavy atom. The monoisotopic (exact) mass is 348 g/mol. The zero-order chi connectivity index (χ0) is 19.0. The van der Waals surface area contributed by atoms with Crippen molar-refractivity contribution in [2.45, 2.75) is 53.5 Å². The summed E-state index contributed by atoms with van der Waals surface area (Å²) in [7, 11) is 0. The first-order valence-electron chi connectivity index (χ1n) is 9.84. The summed E-state index contributed by atoms with van der Waals surface area (Å²) in [6, 6.07) is 19.8. The van der Waals surface area contributed by atoms with Gasteiger partial charge in [0.2, 0.25) is 0 Å². The lowest BCUT2D eigenvalue weighted by atomic mass is 9.78. The number of nitrogens with zero attached hydrogens (tertiary/aromatic N) is 2. The maximum absolute atomic E-state index is 8.97. The lowest BCUT2D eigenvalue weighted by molar-refractivity contribution is 0.116. The summed E-state index contributed by atoms with van der Waals surface area (Å²) >= 11 is 0. The Kier molecular flexibility index (Phi) is 7.42. The minimum Gasteiger partial charge on any atom is -0.299 e. The Morgan fingerprint density at radius 2 is 1.69 bits per heavy atom. The zero-order valence-corrected chi connectivity index (χ0v) is 16.8. The van der Waals surface area contributed by atoms with Gasteiger partial charge in [-0.1, -0.05) is 69.3 Å². The number of rotatable bonds is 4. The molecule has 1 aliphatic heterocycles. The topological polar surface area (TPSA) is 27.0 Å². The van der Waals surface area contributed by atoms with Crippen LogP contribution in [0.1, 0.15) is 51.2 Å². The smallest absolute Gasteiger partial charge is 0.0627 e. The van der Waals surface area contributed by atoms with Crippen molar-refractivity contribution in [1.29, 1.82) is 5.26 Å². The molecule has 1 saturated heterocycles. The molecule has 2 aromatic carbocycles. The first kappa shape index (κ1) is 20.2. The van der Waals surface area contributed by atoms with E-state index >= 15 is 0 Å². The Balaban J connectivity index is 0.00000117. The molecule has 0 unspecified atom stereocenters. The summed E-state index contributed by atoms with van der Waals surface area (Å²) in [6.07, 6.45) is 2.94. The fourth-order valence-electron chi connectivity index (χ4n) is 3.64. The fraction of sp³-hybridized carbons (Fsp3) is 0.458. The molecule has 3 rings (SSSR count). The van der Waals surface area contributed by atoms with Crippen LogP contribution in [0.25, 0.3) is 11.1 Å². The second kappa shape index (κ2) is 9.55. The molecule has 0 spiro atoms. The molecule has 0 radical (unpaired) electrons. The van der Waals surface area contributed by atoms with Gasteiger partial charge in [0, 0.05) is 13.0 Å². The van der Waals surface area contributed by atoms with Gasteiger partial charge in [-0.3, -0.25) is 4.90 Å². The van der Waals surface area contributed by atoms with Crippen LogP contribution >= 0.6 is 0 Å². The van der Waals surface area contributed by atoms with Crippen LogP contribution in [0.2, 0.25) is 0 Å². The average Bonchev–Trinajstić information content (AvgIpc) is 2.66. The second-order valence-corrected chi connectivity index (χ2v) is 7.44. The molecule has 0 atom stereocenters. The summed E-state index contributed by atoms with van der Waals surface area (Å²) < 4.78 is 0. The van der Waals surface area contributed by atoms with Gasteiger partial charge in [-0.25, -0.2) is 0 Å². The maximum atomic E-state index is 8.97. The predicted octanol–water partition coefficient (Wildman–Crippen LogP) is 6.20. The average molecular weight is 349 g/mol. The van der Waals surface area contributed by atoms with Crippen LogP contribution in [-0.4, -0.2) is 18.0 Å². The number of hydrogen-bond donors (Lipinski definition) is 0. The van der Waals surface area contributed by atoms with Gasteiger partial charge in [0.05, 0.1) is 6.07 Å².